The van der Waals surface area contributed by atoms with Crippen LogP contribution in [-0.2, 0) is 10.8 Å². The van der Waals surface area contributed by atoms with Gasteiger partial charge in [0.1, 0.15) is 63.1 Å². The largest absolute Gasteiger partial charge is 0.490 e. The van der Waals surface area contributed by atoms with Crippen LogP contribution in [0.2, 0.25) is 0 Å². The van der Waals surface area contributed by atoms with Crippen molar-refractivity contribution >= 4 is 10.8 Å². The van der Waals surface area contributed by atoms with Gasteiger partial charge < -0.3 is 28.4 Å². The van der Waals surface area contributed by atoms with Gasteiger partial charge in [0.25, 0.3) is 0 Å². The summed E-state index contributed by atoms with van der Waals surface area (Å²) in [6.07, 6.45) is 3.90. The molecule has 73 heavy (non-hydrogen) atoms. The zero-order valence-electron chi connectivity index (χ0n) is 45.1. The Morgan fingerprint density at radius 2 is 0.836 bits per heavy atom. The Balaban J connectivity index is 0.899. The second kappa shape index (κ2) is 22.3. The number of fused-ring (bicyclic) bond motifs is 1. The van der Waals surface area contributed by atoms with Crippen molar-refractivity contribution in [1.82, 2.24) is 0 Å². The summed E-state index contributed by atoms with van der Waals surface area (Å²) in [5.41, 5.74) is 6.46. The minimum Gasteiger partial charge on any atom is -0.490 e. The molecule has 0 fully saturated rings. The average Bonchev–Trinajstić information content (AvgIpc) is 3.40. The zero-order valence-corrected chi connectivity index (χ0v) is 45.1. The molecule has 0 N–H and O–H groups in total. The summed E-state index contributed by atoms with van der Waals surface area (Å²) >= 11 is 0. The second-order valence-electron chi connectivity index (χ2n) is 20.7. The predicted octanol–water partition coefficient (Wildman–Crippen LogP) is 19.6. The van der Waals surface area contributed by atoms with Crippen molar-refractivity contribution in [3.05, 3.63) is 203 Å². The van der Waals surface area contributed by atoms with Crippen molar-refractivity contribution in [2.75, 3.05) is 0 Å². The van der Waals surface area contributed by atoms with Gasteiger partial charge in [0.05, 0.1) is 6.10 Å². The molecule has 4 atom stereocenters. The Morgan fingerprint density at radius 3 is 1.29 bits per heavy atom. The van der Waals surface area contributed by atoms with Crippen LogP contribution in [0.25, 0.3) is 10.8 Å². The van der Waals surface area contributed by atoms with E-state index >= 15 is 0 Å². The third-order valence-corrected chi connectivity index (χ3v) is 15.6. The van der Waals surface area contributed by atoms with Gasteiger partial charge in [-0.1, -0.05) is 128 Å². The van der Waals surface area contributed by atoms with Gasteiger partial charge in [-0.05, 0) is 189 Å². The van der Waals surface area contributed by atoms with Crippen LogP contribution in [0.15, 0.2) is 170 Å². The first-order valence-electron chi connectivity index (χ1n) is 26.3. The summed E-state index contributed by atoms with van der Waals surface area (Å²) in [6, 6.07) is 57.8. The quantitative estimate of drug-likeness (QED) is 0.0715. The van der Waals surface area contributed by atoms with Crippen LogP contribution in [-0.4, -0.2) is 11.7 Å². The third kappa shape index (κ3) is 11.7. The Bertz CT molecular complexity index is 3100. The van der Waals surface area contributed by atoms with Gasteiger partial charge >= 0.3 is 0 Å². The molecule has 0 aliphatic carbocycles. The summed E-state index contributed by atoms with van der Waals surface area (Å²) < 4.78 is 38.8. The van der Waals surface area contributed by atoms with E-state index in [1.54, 1.807) is 0 Å². The van der Waals surface area contributed by atoms with Gasteiger partial charge in [0.15, 0.2) is 0 Å². The van der Waals surface area contributed by atoms with Crippen molar-refractivity contribution < 1.29 is 28.4 Å². The standard InChI is InChI=1S/C67H74O6/c1-13-47(7)68-61-41-23-49(43-45(61)5)48(8)50-24-42-62(46(6)44-50)71-57-37-33-55(34-38-57)70-54-31-27-52(28-32-54)66(11,15-3)67(12,16-4)73-64-22-18-19-59-60(64)20-17-21-63(59)72-58-39-35-56(36-40-58)69-53-29-25-51(26-30-53)65(9,10)14-2/h17-44,47-48H,13-16H2,1-12H3. The lowest BCUT2D eigenvalue weighted by Gasteiger charge is -2.46. The van der Waals surface area contributed by atoms with Crippen LogP contribution < -0.4 is 28.4 Å². The van der Waals surface area contributed by atoms with Crippen molar-refractivity contribution in [2.45, 2.75) is 137 Å². The lowest BCUT2D eigenvalue weighted by Crippen LogP contribution is -2.51. The van der Waals surface area contributed by atoms with E-state index in [4.69, 9.17) is 28.4 Å². The van der Waals surface area contributed by atoms with E-state index in [9.17, 15) is 0 Å². The molecule has 0 spiro atoms. The maximum atomic E-state index is 7.21. The van der Waals surface area contributed by atoms with Gasteiger partial charge in [0.2, 0.25) is 0 Å². The Kier molecular flexibility index (Phi) is 15.9. The Hall–Kier alpha value is -7.18. The Morgan fingerprint density at radius 1 is 0.411 bits per heavy atom. The summed E-state index contributed by atoms with van der Waals surface area (Å²) in [5.74, 6) is 8.10. The fourth-order valence-electron chi connectivity index (χ4n) is 9.50. The van der Waals surface area contributed by atoms with Crippen LogP contribution in [0.3, 0.4) is 0 Å². The van der Waals surface area contributed by atoms with Gasteiger partial charge in [-0.3, -0.25) is 0 Å². The van der Waals surface area contributed by atoms with E-state index in [1.165, 1.54) is 22.3 Å². The number of rotatable bonds is 21. The molecule has 8 aromatic rings. The van der Waals surface area contributed by atoms with Gasteiger partial charge in [-0.25, -0.2) is 0 Å². The molecule has 0 saturated heterocycles. The van der Waals surface area contributed by atoms with Crippen LogP contribution >= 0.6 is 0 Å². The van der Waals surface area contributed by atoms with Crippen LogP contribution in [0.5, 0.6) is 57.5 Å². The summed E-state index contributed by atoms with van der Waals surface area (Å²) in [5, 5.41) is 1.97. The van der Waals surface area contributed by atoms with Crippen molar-refractivity contribution in [1.29, 1.82) is 0 Å². The molecular formula is C67H74O6. The highest BCUT2D eigenvalue weighted by Crippen LogP contribution is 2.46. The Labute approximate surface area is 435 Å². The van der Waals surface area contributed by atoms with E-state index in [1.807, 2.05) is 78.9 Å². The van der Waals surface area contributed by atoms with E-state index in [-0.39, 0.29) is 22.9 Å². The van der Waals surface area contributed by atoms with Crippen molar-refractivity contribution in [3.8, 4) is 57.5 Å². The molecular weight excluding hydrogens is 901 g/mol. The second-order valence-corrected chi connectivity index (χ2v) is 20.7. The predicted molar refractivity (Wildman–Crippen MR) is 301 cm³/mol. The number of hydrogen-bond donors (Lipinski definition) is 0. The minimum absolute atomic E-state index is 0.129. The van der Waals surface area contributed by atoms with E-state index in [0.29, 0.717) is 0 Å². The lowest BCUT2D eigenvalue weighted by molar-refractivity contribution is 0.00433. The maximum Gasteiger partial charge on any atom is 0.135 e. The highest BCUT2D eigenvalue weighted by molar-refractivity contribution is 5.93. The first-order valence-corrected chi connectivity index (χ1v) is 26.3. The van der Waals surface area contributed by atoms with Crippen LogP contribution in [0, 0.1) is 13.8 Å². The monoisotopic (exact) mass is 975 g/mol. The van der Waals surface area contributed by atoms with Crippen molar-refractivity contribution in [2.24, 2.45) is 0 Å². The molecule has 0 aliphatic rings. The zero-order chi connectivity index (χ0) is 51.9. The summed E-state index contributed by atoms with van der Waals surface area (Å²) in [7, 11) is 0. The maximum absolute atomic E-state index is 7.21. The molecule has 8 aromatic carbocycles. The average molecular weight is 975 g/mol. The third-order valence-electron chi connectivity index (χ3n) is 15.6. The van der Waals surface area contributed by atoms with Gasteiger partial charge in [-0.2, -0.15) is 0 Å². The molecule has 378 valence electrons. The summed E-state index contributed by atoms with van der Waals surface area (Å²) in [6.45, 7) is 26.4. The van der Waals surface area contributed by atoms with Crippen LogP contribution in [0.1, 0.15) is 134 Å². The van der Waals surface area contributed by atoms with E-state index < -0.39 is 5.60 Å². The molecule has 0 aromatic heterocycles. The molecule has 0 saturated carbocycles. The molecule has 6 nitrogen and oxygen atoms in total. The van der Waals surface area contributed by atoms with Gasteiger partial charge in [-0.15, -0.1) is 0 Å². The smallest absolute Gasteiger partial charge is 0.135 e. The topological polar surface area (TPSA) is 55.4 Å². The fourth-order valence-corrected chi connectivity index (χ4v) is 9.50. The fraction of sp³-hybridized carbons (Fsp3) is 0.313. The van der Waals surface area contributed by atoms with E-state index in [2.05, 4.69) is 174 Å². The summed E-state index contributed by atoms with van der Waals surface area (Å²) in [4.78, 5) is 0. The lowest BCUT2D eigenvalue weighted by atomic mass is 9.66. The molecule has 0 bridgehead atoms. The number of aryl methyl sites for hydroxylation is 2. The first kappa shape index (κ1) is 52.2. The van der Waals surface area contributed by atoms with Crippen molar-refractivity contribution in [3.63, 3.8) is 0 Å². The number of benzene rings is 8. The number of hydrogen-bond acceptors (Lipinski definition) is 6. The molecule has 4 unspecified atom stereocenters. The number of ether oxygens (including phenoxy) is 6. The molecule has 0 amide bonds. The first-order chi connectivity index (χ1) is 35.0. The molecule has 0 radical (unpaired) electrons. The van der Waals surface area contributed by atoms with Gasteiger partial charge in [0, 0.05) is 22.1 Å². The van der Waals surface area contributed by atoms with Crippen LogP contribution in [0.4, 0.5) is 0 Å². The minimum atomic E-state index is -0.557. The molecule has 8 rings (SSSR count). The molecule has 6 heteroatoms. The highest BCUT2D eigenvalue weighted by atomic mass is 16.5. The highest BCUT2D eigenvalue weighted by Gasteiger charge is 2.46. The molecule has 0 heterocycles. The SMILES string of the molecule is CCC(C)Oc1ccc(C(C)c2ccc(Oc3ccc(Oc4ccc(C(C)(CC)C(C)(CC)Oc5cccc6c(Oc7ccc(Oc8ccc(C(C)(C)CC)cc8)cc7)cccc56)cc4)cc3)c(C)c2)cc1C. The van der Waals surface area contributed by atoms with E-state index in [0.717, 1.165) is 105 Å². The molecule has 0 aliphatic heterocycles. The normalized spacial score (nSPS) is 14.1.